The second-order valence-electron chi connectivity index (χ2n) is 7.38. The van der Waals surface area contributed by atoms with Gasteiger partial charge in [-0.05, 0) is 49.9 Å². The third-order valence-corrected chi connectivity index (χ3v) is 5.16. The summed E-state index contributed by atoms with van der Waals surface area (Å²) < 4.78 is 14.8. The molecule has 1 fully saturated rings. The summed E-state index contributed by atoms with van der Waals surface area (Å²) in [7, 11) is 1.76. The number of Topliss-reactive ketones (excluding diaryl/α,β-unsaturated/α-hetero) is 1. The van der Waals surface area contributed by atoms with E-state index in [0.29, 0.717) is 34.9 Å². The largest absolute Gasteiger partial charge is 0.402 e. The van der Waals surface area contributed by atoms with Crippen molar-refractivity contribution in [2.75, 3.05) is 18.9 Å². The molecule has 1 aliphatic carbocycles. The van der Waals surface area contributed by atoms with Crippen LogP contribution in [0.4, 0.5) is 15.9 Å². The van der Waals surface area contributed by atoms with Gasteiger partial charge in [-0.1, -0.05) is 0 Å². The number of anilines is 2. The first-order valence-electron chi connectivity index (χ1n) is 9.77. The van der Waals surface area contributed by atoms with Gasteiger partial charge in [0.25, 0.3) is 0 Å². The van der Waals surface area contributed by atoms with Gasteiger partial charge in [0.2, 0.25) is 5.95 Å². The molecule has 0 atom stereocenters. The van der Waals surface area contributed by atoms with Crippen molar-refractivity contribution < 1.29 is 9.18 Å². The maximum atomic E-state index is 14.8. The number of aryl methyl sites for hydroxylation is 1. The zero-order valence-corrected chi connectivity index (χ0v) is 16.9. The van der Waals surface area contributed by atoms with E-state index >= 15 is 0 Å². The fraction of sp³-hybridized carbons (Fsp3) is 0.286. The van der Waals surface area contributed by atoms with Crippen LogP contribution in [-0.2, 0) is 0 Å². The SMILES string of the molecule is CNN1C/C(=C(\N)C2CC2)C(C(=O)c2ccc(Nc3ccc(C)nc3)nc2F)=CN1. The van der Waals surface area contributed by atoms with Crippen LogP contribution in [0.25, 0.3) is 0 Å². The molecule has 1 aliphatic heterocycles. The molecule has 2 aromatic rings. The van der Waals surface area contributed by atoms with Crippen molar-refractivity contribution in [1.29, 1.82) is 0 Å². The molecule has 5 N–H and O–H groups in total. The van der Waals surface area contributed by atoms with Crippen LogP contribution in [0.1, 0.15) is 28.9 Å². The molecule has 0 amide bonds. The molecule has 1 saturated carbocycles. The number of hydrazine groups is 2. The lowest BCUT2D eigenvalue weighted by atomic mass is 9.94. The molecule has 2 aromatic heterocycles. The smallest absolute Gasteiger partial charge is 0.226 e. The minimum Gasteiger partial charge on any atom is -0.402 e. The fourth-order valence-electron chi connectivity index (χ4n) is 3.26. The Hall–Kier alpha value is -3.30. The predicted octanol–water partition coefficient (Wildman–Crippen LogP) is 2.31. The van der Waals surface area contributed by atoms with Crippen LogP contribution in [0.15, 0.2) is 53.5 Å². The van der Waals surface area contributed by atoms with Crippen LogP contribution >= 0.6 is 0 Å². The summed E-state index contributed by atoms with van der Waals surface area (Å²) in [5.74, 6) is -0.720. The molecular formula is C21H24FN7O. The third kappa shape index (κ3) is 4.17. The second kappa shape index (κ2) is 8.21. The molecule has 9 heteroatoms. The van der Waals surface area contributed by atoms with E-state index in [-0.39, 0.29) is 11.5 Å². The van der Waals surface area contributed by atoms with Crippen LogP contribution in [0.3, 0.4) is 0 Å². The molecule has 0 unspecified atom stereocenters. The Morgan fingerprint density at radius 3 is 2.73 bits per heavy atom. The van der Waals surface area contributed by atoms with Gasteiger partial charge in [-0.2, -0.15) is 9.51 Å². The number of nitrogens with zero attached hydrogens (tertiary/aromatic N) is 3. The number of nitrogens with one attached hydrogen (secondary N) is 3. The van der Waals surface area contributed by atoms with Crippen LogP contribution in [0.2, 0.25) is 0 Å². The molecule has 0 spiro atoms. The number of rotatable bonds is 6. The van der Waals surface area contributed by atoms with Crippen LogP contribution in [0.5, 0.6) is 0 Å². The van der Waals surface area contributed by atoms with Crippen LogP contribution in [-0.4, -0.2) is 34.5 Å². The van der Waals surface area contributed by atoms with Crippen molar-refractivity contribution in [2.24, 2.45) is 11.7 Å². The minimum atomic E-state index is -0.841. The van der Waals surface area contributed by atoms with Gasteiger partial charge in [0.1, 0.15) is 5.82 Å². The number of hydrogen-bond acceptors (Lipinski definition) is 8. The number of pyridine rings is 2. The van der Waals surface area contributed by atoms with Crippen molar-refractivity contribution in [1.82, 2.24) is 25.9 Å². The highest BCUT2D eigenvalue weighted by Crippen LogP contribution is 2.37. The summed E-state index contributed by atoms with van der Waals surface area (Å²) in [4.78, 5) is 21.2. The number of nitrogens with two attached hydrogens (primary N) is 1. The van der Waals surface area contributed by atoms with E-state index in [1.165, 1.54) is 6.07 Å². The Morgan fingerprint density at radius 1 is 1.30 bits per heavy atom. The lowest BCUT2D eigenvalue weighted by molar-refractivity contribution is 0.101. The molecule has 3 heterocycles. The summed E-state index contributed by atoms with van der Waals surface area (Å²) in [5.41, 5.74) is 15.5. The maximum Gasteiger partial charge on any atom is 0.226 e. The Balaban J connectivity index is 1.59. The Morgan fingerprint density at radius 2 is 2.10 bits per heavy atom. The average molecular weight is 409 g/mol. The second-order valence-corrected chi connectivity index (χ2v) is 7.38. The van der Waals surface area contributed by atoms with Gasteiger partial charge in [-0.25, -0.2) is 10.4 Å². The van der Waals surface area contributed by atoms with Crippen molar-refractivity contribution >= 4 is 17.3 Å². The van der Waals surface area contributed by atoms with E-state index in [4.69, 9.17) is 5.73 Å². The zero-order valence-electron chi connectivity index (χ0n) is 16.9. The Kier molecular flexibility index (Phi) is 5.47. The molecule has 0 aromatic carbocycles. The van der Waals surface area contributed by atoms with Crippen molar-refractivity contribution in [3.8, 4) is 0 Å². The predicted molar refractivity (Wildman–Crippen MR) is 112 cm³/mol. The standard InChI is InChI=1S/C21H24FN7O/c1-12-3-6-14(9-25-12)27-18-8-7-15(21(22)28-18)20(30)16-10-26-29(24-2)11-17(16)19(23)13-4-5-13/h3,6-10,13,24,26H,4-5,11,23H2,1-2H3,(H,27,28)/b19-17+. The highest BCUT2D eigenvalue weighted by Gasteiger charge is 2.32. The lowest BCUT2D eigenvalue weighted by Gasteiger charge is -2.29. The number of carbonyl (C=O) groups is 1. The molecule has 156 valence electrons. The van der Waals surface area contributed by atoms with Gasteiger partial charge < -0.3 is 16.5 Å². The normalized spacial score (nSPS) is 18.4. The Bertz CT molecular complexity index is 1030. The molecular weight excluding hydrogens is 385 g/mol. The van der Waals surface area contributed by atoms with Gasteiger partial charge in [0.15, 0.2) is 5.78 Å². The number of allylic oxidation sites excluding steroid dienone is 1. The van der Waals surface area contributed by atoms with E-state index in [9.17, 15) is 9.18 Å². The molecule has 2 aliphatic rings. The van der Waals surface area contributed by atoms with Gasteiger partial charge in [0.05, 0.1) is 24.0 Å². The molecule has 0 radical (unpaired) electrons. The van der Waals surface area contributed by atoms with E-state index in [0.717, 1.165) is 18.5 Å². The summed E-state index contributed by atoms with van der Waals surface area (Å²) in [6.45, 7) is 2.27. The minimum absolute atomic E-state index is 0.102. The number of hydrogen-bond donors (Lipinski definition) is 4. The molecule has 0 bridgehead atoms. The average Bonchev–Trinajstić information content (AvgIpc) is 3.59. The molecule has 4 rings (SSSR count). The van der Waals surface area contributed by atoms with Crippen molar-refractivity contribution in [3.05, 3.63) is 70.7 Å². The van der Waals surface area contributed by atoms with Gasteiger partial charge in [-0.3, -0.25) is 9.78 Å². The first kappa shape index (κ1) is 20.0. The number of carbonyl (C=O) groups excluding carboxylic acids is 1. The summed E-state index contributed by atoms with van der Waals surface area (Å²) in [6, 6.07) is 6.67. The monoisotopic (exact) mass is 409 g/mol. The van der Waals surface area contributed by atoms with E-state index in [1.807, 2.05) is 19.1 Å². The summed E-state index contributed by atoms with van der Waals surface area (Å²) in [5, 5.41) is 4.69. The van der Waals surface area contributed by atoms with Crippen LogP contribution in [0, 0.1) is 18.8 Å². The number of halogens is 1. The molecule has 0 saturated heterocycles. The Labute approximate surface area is 174 Å². The first-order chi connectivity index (χ1) is 14.5. The quantitative estimate of drug-likeness (QED) is 0.425. The summed E-state index contributed by atoms with van der Waals surface area (Å²) >= 11 is 0. The van der Waals surface area contributed by atoms with Crippen molar-refractivity contribution in [2.45, 2.75) is 19.8 Å². The summed E-state index contributed by atoms with van der Waals surface area (Å²) in [6.07, 6.45) is 5.20. The van der Waals surface area contributed by atoms with Crippen LogP contribution < -0.4 is 21.9 Å². The zero-order chi connectivity index (χ0) is 21.3. The van der Waals surface area contributed by atoms with Crippen molar-refractivity contribution in [3.63, 3.8) is 0 Å². The van der Waals surface area contributed by atoms with E-state index in [1.54, 1.807) is 30.6 Å². The van der Waals surface area contributed by atoms with E-state index < -0.39 is 11.7 Å². The number of aromatic nitrogens is 2. The highest BCUT2D eigenvalue weighted by atomic mass is 19.1. The molecule has 30 heavy (non-hydrogen) atoms. The first-order valence-corrected chi connectivity index (χ1v) is 9.77. The van der Waals surface area contributed by atoms with Gasteiger partial charge >= 0.3 is 0 Å². The fourth-order valence-corrected chi connectivity index (χ4v) is 3.26. The number of ketones is 1. The maximum absolute atomic E-state index is 14.8. The molecule has 8 nitrogen and oxygen atoms in total. The highest BCUT2D eigenvalue weighted by molar-refractivity contribution is 6.11. The van der Waals surface area contributed by atoms with Gasteiger partial charge in [-0.15, -0.1) is 0 Å². The third-order valence-electron chi connectivity index (χ3n) is 5.16. The lowest BCUT2D eigenvalue weighted by Crippen LogP contribution is -2.48. The van der Waals surface area contributed by atoms with Gasteiger partial charge in [0, 0.05) is 35.8 Å². The van der Waals surface area contributed by atoms with E-state index in [2.05, 4.69) is 26.1 Å². The topological polar surface area (TPSA) is 108 Å².